The molecular weight excluding hydrogens is 308 g/mol. The van der Waals surface area contributed by atoms with Gasteiger partial charge >= 0.3 is 0 Å². The van der Waals surface area contributed by atoms with Crippen LogP contribution in [-0.4, -0.2) is 32.4 Å². The van der Waals surface area contributed by atoms with Crippen LogP contribution in [-0.2, 0) is 21.3 Å². The SMILES string of the molecule is CCOCCS(=O)(=O)N(Cc1ccsc1)c1cccnc1. The van der Waals surface area contributed by atoms with Gasteiger partial charge in [-0.25, -0.2) is 8.42 Å². The summed E-state index contributed by atoms with van der Waals surface area (Å²) in [5.74, 6) is -0.0418. The van der Waals surface area contributed by atoms with Gasteiger partial charge in [0, 0.05) is 12.8 Å². The monoisotopic (exact) mass is 326 g/mol. The molecule has 0 aliphatic rings. The highest BCUT2D eigenvalue weighted by molar-refractivity contribution is 7.92. The van der Waals surface area contributed by atoms with Gasteiger partial charge < -0.3 is 4.74 Å². The summed E-state index contributed by atoms with van der Waals surface area (Å²) in [6, 6.07) is 5.40. The van der Waals surface area contributed by atoms with E-state index in [0.717, 1.165) is 5.56 Å². The van der Waals surface area contributed by atoms with E-state index in [1.807, 2.05) is 23.8 Å². The molecule has 0 atom stereocenters. The van der Waals surface area contributed by atoms with Gasteiger partial charge in [-0.3, -0.25) is 9.29 Å². The van der Waals surface area contributed by atoms with Gasteiger partial charge in [0.05, 0.1) is 30.8 Å². The molecule has 0 aliphatic heterocycles. The Bertz CT molecular complexity index is 628. The first kappa shape index (κ1) is 15.9. The number of rotatable bonds is 8. The largest absolute Gasteiger partial charge is 0.381 e. The van der Waals surface area contributed by atoms with Gasteiger partial charge in [-0.05, 0) is 41.4 Å². The van der Waals surface area contributed by atoms with Crippen molar-refractivity contribution in [2.24, 2.45) is 0 Å². The Hall–Kier alpha value is -1.44. The molecule has 114 valence electrons. The summed E-state index contributed by atoms with van der Waals surface area (Å²) in [6.45, 7) is 2.85. The maximum atomic E-state index is 12.6. The first-order valence-electron chi connectivity index (χ1n) is 6.62. The van der Waals surface area contributed by atoms with Crippen LogP contribution in [0, 0.1) is 0 Å². The number of anilines is 1. The Morgan fingerprint density at radius 1 is 1.38 bits per heavy atom. The summed E-state index contributed by atoms with van der Waals surface area (Å²) < 4.78 is 31.7. The molecule has 0 aliphatic carbocycles. The van der Waals surface area contributed by atoms with E-state index in [0.29, 0.717) is 18.8 Å². The van der Waals surface area contributed by atoms with Crippen molar-refractivity contribution in [3.8, 4) is 0 Å². The van der Waals surface area contributed by atoms with E-state index < -0.39 is 10.0 Å². The Kier molecular flexibility index (Phi) is 5.72. The fourth-order valence-electron chi connectivity index (χ4n) is 1.82. The Morgan fingerprint density at radius 2 is 2.24 bits per heavy atom. The average Bonchev–Trinajstić information content (AvgIpc) is 2.99. The van der Waals surface area contributed by atoms with Crippen LogP contribution in [0.25, 0.3) is 0 Å². The van der Waals surface area contributed by atoms with Crippen molar-refractivity contribution in [3.63, 3.8) is 0 Å². The lowest BCUT2D eigenvalue weighted by Crippen LogP contribution is -2.34. The quantitative estimate of drug-likeness (QED) is 0.699. The van der Waals surface area contributed by atoms with Crippen LogP contribution in [0.3, 0.4) is 0 Å². The van der Waals surface area contributed by atoms with Crippen molar-refractivity contribution < 1.29 is 13.2 Å². The first-order chi connectivity index (χ1) is 10.1. The normalized spacial score (nSPS) is 11.5. The molecule has 0 radical (unpaired) electrons. The molecule has 2 aromatic rings. The van der Waals surface area contributed by atoms with Gasteiger partial charge in [-0.2, -0.15) is 11.3 Å². The van der Waals surface area contributed by atoms with Crippen molar-refractivity contribution in [2.75, 3.05) is 23.3 Å². The van der Waals surface area contributed by atoms with Gasteiger partial charge in [0.15, 0.2) is 0 Å². The third-order valence-electron chi connectivity index (χ3n) is 2.87. The Labute approximate surface area is 129 Å². The summed E-state index contributed by atoms with van der Waals surface area (Å²) in [4.78, 5) is 4.01. The smallest absolute Gasteiger partial charge is 0.237 e. The second-order valence-electron chi connectivity index (χ2n) is 4.36. The minimum atomic E-state index is -3.45. The highest BCUT2D eigenvalue weighted by Gasteiger charge is 2.23. The maximum absolute atomic E-state index is 12.6. The molecule has 2 heterocycles. The fraction of sp³-hybridized carbons (Fsp3) is 0.357. The van der Waals surface area contributed by atoms with Crippen LogP contribution in [0.5, 0.6) is 0 Å². The van der Waals surface area contributed by atoms with E-state index in [-0.39, 0.29) is 12.4 Å². The van der Waals surface area contributed by atoms with Gasteiger partial charge in [0.2, 0.25) is 10.0 Å². The van der Waals surface area contributed by atoms with Crippen LogP contribution >= 0.6 is 11.3 Å². The highest BCUT2D eigenvalue weighted by atomic mass is 32.2. The zero-order valence-corrected chi connectivity index (χ0v) is 13.4. The summed E-state index contributed by atoms with van der Waals surface area (Å²) in [5.41, 5.74) is 1.53. The summed E-state index contributed by atoms with van der Waals surface area (Å²) >= 11 is 1.55. The number of ether oxygens (including phenoxy) is 1. The van der Waals surface area contributed by atoms with Gasteiger partial charge in [-0.1, -0.05) is 0 Å². The van der Waals surface area contributed by atoms with E-state index in [2.05, 4.69) is 4.98 Å². The predicted octanol–water partition coefficient (Wildman–Crippen LogP) is 2.52. The zero-order valence-electron chi connectivity index (χ0n) is 11.8. The lowest BCUT2D eigenvalue weighted by atomic mass is 10.3. The predicted molar refractivity (Wildman–Crippen MR) is 85.0 cm³/mol. The number of sulfonamides is 1. The summed E-state index contributed by atoms with van der Waals surface area (Å²) in [7, 11) is -3.45. The summed E-state index contributed by atoms with van der Waals surface area (Å²) in [5, 5.41) is 3.88. The molecule has 0 aromatic carbocycles. The van der Waals surface area contributed by atoms with Gasteiger partial charge in [0.1, 0.15) is 0 Å². The third-order valence-corrected chi connectivity index (χ3v) is 5.29. The van der Waals surface area contributed by atoms with E-state index in [4.69, 9.17) is 4.74 Å². The third kappa shape index (κ3) is 4.52. The number of thiophene rings is 1. The van der Waals surface area contributed by atoms with Crippen molar-refractivity contribution in [2.45, 2.75) is 13.5 Å². The van der Waals surface area contributed by atoms with Crippen LogP contribution in [0.2, 0.25) is 0 Å². The van der Waals surface area contributed by atoms with E-state index in [9.17, 15) is 8.42 Å². The Morgan fingerprint density at radius 3 is 2.86 bits per heavy atom. The number of aromatic nitrogens is 1. The number of pyridine rings is 1. The first-order valence-corrected chi connectivity index (χ1v) is 9.18. The number of hydrogen-bond acceptors (Lipinski definition) is 5. The van der Waals surface area contributed by atoms with E-state index >= 15 is 0 Å². The number of nitrogens with zero attached hydrogens (tertiary/aromatic N) is 2. The molecule has 2 rings (SSSR count). The molecular formula is C14H18N2O3S2. The molecule has 0 fully saturated rings. The molecule has 0 unspecified atom stereocenters. The lowest BCUT2D eigenvalue weighted by Gasteiger charge is -2.23. The molecule has 2 aromatic heterocycles. The molecule has 0 saturated heterocycles. The molecule has 5 nitrogen and oxygen atoms in total. The highest BCUT2D eigenvalue weighted by Crippen LogP contribution is 2.21. The van der Waals surface area contributed by atoms with Crippen molar-refractivity contribution in [1.82, 2.24) is 4.98 Å². The van der Waals surface area contributed by atoms with E-state index in [1.54, 1.807) is 35.9 Å². The van der Waals surface area contributed by atoms with E-state index in [1.165, 1.54) is 4.31 Å². The van der Waals surface area contributed by atoms with Crippen molar-refractivity contribution in [3.05, 3.63) is 46.9 Å². The second-order valence-corrected chi connectivity index (χ2v) is 7.16. The fourth-order valence-corrected chi connectivity index (χ4v) is 3.80. The lowest BCUT2D eigenvalue weighted by molar-refractivity contribution is 0.163. The van der Waals surface area contributed by atoms with Gasteiger partial charge in [-0.15, -0.1) is 0 Å². The topological polar surface area (TPSA) is 59.5 Å². The Balaban J connectivity index is 2.23. The molecule has 0 amide bonds. The average molecular weight is 326 g/mol. The van der Waals surface area contributed by atoms with Crippen LogP contribution < -0.4 is 4.31 Å². The molecule has 7 heteroatoms. The molecule has 0 bridgehead atoms. The van der Waals surface area contributed by atoms with Crippen LogP contribution in [0.15, 0.2) is 41.4 Å². The number of hydrogen-bond donors (Lipinski definition) is 0. The van der Waals surface area contributed by atoms with Crippen LogP contribution in [0.4, 0.5) is 5.69 Å². The molecule has 0 N–H and O–H groups in total. The zero-order chi connectivity index (χ0) is 15.1. The standard InChI is InChI=1S/C14H18N2O3S2/c1-2-19-7-9-21(17,18)16(11-13-5-8-20-12-13)14-4-3-6-15-10-14/h3-6,8,10,12H,2,7,9,11H2,1H3. The van der Waals surface area contributed by atoms with Crippen molar-refractivity contribution >= 4 is 27.0 Å². The van der Waals surface area contributed by atoms with Gasteiger partial charge in [0.25, 0.3) is 0 Å². The minimum Gasteiger partial charge on any atom is -0.381 e. The molecule has 0 saturated carbocycles. The molecule has 0 spiro atoms. The summed E-state index contributed by atoms with van der Waals surface area (Å²) in [6.07, 6.45) is 3.18. The molecule has 21 heavy (non-hydrogen) atoms. The minimum absolute atomic E-state index is 0.0418. The van der Waals surface area contributed by atoms with Crippen molar-refractivity contribution in [1.29, 1.82) is 0 Å². The van der Waals surface area contributed by atoms with Crippen LogP contribution in [0.1, 0.15) is 12.5 Å². The second kappa shape index (κ2) is 7.53. The maximum Gasteiger partial charge on any atom is 0.237 e.